The van der Waals surface area contributed by atoms with E-state index in [2.05, 4.69) is 34.3 Å². The molecule has 3 rings (SSSR count). The number of fused-ring (bicyclic) bond motifs is 2. The van der Waals surface area contributed by atoms with Gasteiger partial charge in [-0.3, -0.25) is 4.90 Å². The summed E-state index contributed by atoms with van der Waals surface area (Å²) >= 11 is 0. The minimum absolute atomic E-state index is 0.0801. The third-order valence-corrected chi connectivity index (χ3v) is 4.41. The van der Waals surface area contributed by atoms with Crippen molar-refractivity contribution in [2.75, 3.05) is 11.9 Å². The maximum atomic E-state index is 9.84. The monoisotopic (exact) mass is 261 g/mol. The van der Waals surface area contributed by atoms with Gasteiger partial charge >= 0.3 is 0 Å². The van der Waals surface area contributed by atoms with Gasteiger partial charge in [-0.05, 0) is 50.3 Å². The van der Waals surface area contributed by atoms with Crippen LogP contribution in [0.5, 0.6) is 0 Å². The predicted octanol–water partition coefficient (Wildman–Crippen LogP) is 2.00. The first-order chi connectivity index (χ1) is 9.26. The van der Waals surface area contributed by atoms with Crippen LogP contribution in [0.2, 0.25) is 0 Å². The van der Waals surface area contributed by atoms with Gasteiger partial charge in [-0.15, -0.1) is 0 Å². The van der Waals surface area contributed by atoms with E-state index in [0.717, 1.165) is 31.7 Å². The van der Waals surface area contributed by atoms with Crippen LogP contribution in [0, 0.1) is 0 Å². The Labute approximate surface area is 114 Å². The molecule has 2 fully saturated rings. The third kappa shape index (κ3) is 2.74. The van der Waals surface area contributed by atoms with E-state index in [-0.39, 0.29) is 6.10 Å². The summed E-state index contributed by atoms with van der Waals surface area (Å²) in [6.45, 7) is 3.97. The summed E-state index contributed by atoms with van der Waals surface area (Å²) in [4.78, 5) is 6.90. The molecule has 104 valence electrons. The number of piperidine rings is 1. The molecule has 0 aliphatic carbocycles. The molecule has 0 spiro atoms. The number of aliphatic hydroxyl groups excluding tert-OH is 1. The van der Waals surface area contributed by atoms with Crippen LogP contribution in [-0.2, 0) is 6.54 Å². The summed E-state index contributed by atoms with van der Waals surface area (Å²) in [7, 11) is 0. The fraction of sp³-hybridized carbons (Fsp3) is 0.667. The van der Waals surface area contributed by atoms with Gasteiger partial charge in [0, 0.05) is 31.4 Å². The molecule has 2 unspecified atom stereocenters. The molecule has 2 aliphatic rings. The molecule has 2 N–H and O–H groups in total. The van der Waals surface area contributed by atoms with E-state index in [9.17, 15) is 5.11 Å². The number of rotatable bonds is 4. The van der Waals surface area contributed by atoms with E-state index in [0.29, 0.717) is 12.1 Å². The Morgan fingerprint density at radius 1 is 1.37 bits per heavy atom. The molecule has 4 nitrogen and oxygen atoms in total. The highest BCUT2D eigenvalue weighted by Crippen LogP contribution is 2.36. The van der Waals surface area contributed by atoms with Gasteiger partial charge in [0.1, 0.15) is 5.82 Å². The van der Waals surface area contributed by atoms with Crippen molar-refractivity contribution in [2.45, 2.75) is 57.3 Å². The van der Waals surface area contributed by atoms with Crippen molar-refractivity contribution in [1.82, 2.24) is 9.88 Å². The van der Waals surface area contributed by atoms with Gasteiger partial charge in [-0.25, -0.2) is 4.98 Å². The Balaban J connectivity index is 1.70. The zero-order valence-corrected chi connectivity index (χ0v) is 11.5. The Morgan fingerprint density at radius 3 is 2.79 bits per heavy atom. The number of nitrogens with zero attached hydrogens (tertiary/aromatic N) is 2. The van der Waals surface area contributed by atoms with E-state index in [1.54, 1.807) is 0 Å². The quantitative estimate of drug-likeness (QED) is 0.870. The first-order valence-corrected chi connectivity index (χ1v) is 7.39. The fourth-order valence-electron chi connectivity index (χ4n) is 3.56. The van der Waals surface area contributed by atoms with Crippen LogP contribution in [-0.4, -0.2) is 39.7 Å². The molecular formula is C15H23N3O. The Kier molecular flexibility index (Phi) is 3.71. The zero-order valence-electron chi connectivity index (χ0n) is 11.5. The Morgan fingerprint density at radius 2 is 2.11 bits per heavy atom. The summed E-state index contributed by atoms with van der Waals surface area (Å²) in [5.74, 6) is 0.962. The Bertz CT molecular complexity index is 423. The van der Waals surface area contributed by atoms with Gasteiger partial charge in [-0.2, -0.15) is 0 Å². The number of hydrogen-bond donors (Lipinski definition) is 2. The highest BCUT2D eigenvalue weighted by atomic mass is 16.3. The second kappa shape index (κ2) is 5.47. The van der Waals surface area contributed by atoms with Crippen molar-refractivity contribution in [3.05, 3.63) is 23.9 Å². The lowest BCUT2D eigenvalue weighted by molar-refractivity contribution is 0.0310. The van der Waals surface area contributed by atoms with Crippen LogP contribution < -0.4 is 5.32 Å². The molecule has 0 aromatic carbocycles. The molecule has 19 heavy (non-hydrogen) atoms. The predicted molar refractivity (Wildman–Crippen MR) is 76.0 cm³/mol. The van der Waals surface area contributed by atoms with Crippen molar-refractivity contribution < 1.29 is 5.11 Å². The molecule has 0 saturated carbocycles. The van der Waals surface area contributed by atoms with Gasteiger partial charge in [0.25, 0.3) is 0 Å². The topological polar surface area (TPSA) is 48.4 Å². The number of nitrogens with one attached hydrogen (secondary N) is 1. The zero-order chi connectivity index (χ0) is 13.2. The second-order valence-electron chi connectivity index (χ2n) is 5.76. The van der Waals surface area contributed by atoms with Gasteiger partial charge in [0.05, 0.1) is 6.10 Å². The van der Waals surface area contributed by atoms with Crippen molar-refractivity contribution in [3.63, 3.8) is 0 Å². The van der Waals surface area contributed by atoms with Crippen LogP contribution >= 0.6 is 0 Å². The van der Waals surface area contributed by atoms with E-state index in [4.69, 9.17) is 0 Å². The van der Waals surface area contributed by atoms with Gasteiger partial charge in [0.2, 0.25) is 0 Å². The summed E-state index contributed by atoms with van der Waals surface area (Å²) < 4.78 is 0. The number of aliphatic hydroxyl groups is 1. The summed E-state index contributed by atoms with van der Waals surface area (Å²) in [6.07, 6.45) is 6.18. The molecule has 1 aromatic heterocycles. The summed E-state index contributed by atoms with van der Waals surface area (Å²) in [5.41, 5.74) is 1.32. The van der Waals surface area contributed by atoms with Gasteiger partial charge < -0.3 is 10.4 Å². The average Bonchev–Trinajstić information content (AvgIpc) is 2.63. The minimum Gasteiger partial charge on any atom is -0.393 e. The fourth-order valence-corrected chi connectivity index (χ4v) is 3.56. The lowest BCUT2D eigenvalue weighted by atomic mass is 9.99. The molecule has 4 heteroatoms. The molecule has 2 atom stereocenters. The van der Waals surface area contributed by atoms with E-state index >= 15 is 0 Å². The van der Waals surface area contributed by atoms with Crippen LogP contribution in [0.3, 0.4) is 0 Å². The molecule has 0 amide bonds. The number of hydrogen-bond acceptors (Lipinski definition) is 4. The molecule has 2 saturated heterocycles. The normalized spacial score (nSPS) is 30.5. The van der Waals surface area contributed by atoms with Gasteiger partial charge in [-0.1, -0.05) is 0 Å². The highest BCUT2D eigenvalue weighted by Gasteiger charge is 2.39. The third-order valence-electron chi connectivity index (χ3n) is 4.41. The van der Waals surface area contributed by atoms with Crippen LogP contribution in [0.15, 0.2) is 18.3 Å². The first kappa shape index (κ1) is 12.9. The Hall–Kier alpha value is -1.13. The molecular weight excluding hydrogens is 238 g/mol. The van der Waals surface area contributed by atoms with Crippen molar-refractivity contribution in [2.24, 2.45) is 0 Å². The van der Waals surface area contributed by atoms with Crippen LogP contribution in [0.1, 0.15) is 38.2 Å². The molecule has 3 heterocycles. The summed E-state index contributed by atoms with van der Waals surface area (Å²) in [5, 5.41) is 13.1. The van der Waals surface area contributed by atoms with E-state index < -0.39 is 0 Å². The molecule has 1 aromatic rings. The first-order valence-electron chi connectivity index (χ1n) is 7.39. The lowest BCUT2D eigenvalue weighted by Gasteiger charge is -2.37. The van der Waals surface area contributed by atoms with E-state index in [1.807, 2.05) is 6.20 Å². The average molecular weight is 261 g/mol. The van der Waals surface area contributed by atoms with Crippen LogP contribution in [0.25, 0.3) is 0 Å². The maximum Gasteiger partial charge on any atom is 0.126 e. The molecule has 2 bridgehead atoms. The molecule has 0 radical (unpaired) electrons. The van der Waals surface area contributed by atoms with Crippen LogP contribution in [0.4, 0.5) is 5.82 Å². The SMILES string of the molecule is CCNc1cc(CN2C3CCC2CC(O)C3)ccn1. The molecule has 2 aliphatic heterocycles. The van der Waals surface area contributed by atoms with Crippen molar-refractivity contribution >= 4 is 5.82 Å². The van der Waals surface area contributed by atoms with E-state index in [1.165, 1.54) is 18.4 Å². The van der Waals surface area contributed by atoms with Gasteiger partial charge in [0.15, 0.2) is 0 Å². The number of aromatic nitrogens is 1. The smallest absolute Gasteiger partial charge is 0.126 e. The van der Waals surface area contributed by atoms with Crippen molar-refractivity contribution in [3.8, 4) is 0 Å². The maximum absolute atomic E-state index is 9.84. The number of anilines is 1. The van der Waals surface area contributed by atoms with Crippen molar-refractivity contribution in [1.29, 1.82) is 0 Å². The summed E-state index contributed by atoms with van der Waals surface area (Å²) in [6, 6.07) is 5.40. The minimum atomic E-state index is -0.0801. The largest absolute Gasteiger partial charge is 0.393 e. The highest BCUT2D eigenvalue weighted by molar-refractivity contribution is 5.37. The second-order valence-corrected chi connectivity index (χ2v) is 5.76. The standard InChI is InChI=1S/C15H23N3O/c1-2-16-15-7-11(5-6-17-15)10-18-12-3-4-13(18)9-14(19)8-12/h5-7,12-14,19H,2-4,8-10H2,1H3,(H,16,17). The lowest BCUT2D eigenvalue weighted by Crippen LogP contribution is -2.44. The number of pyridine rings is 1.